The van der Waals surface area contributed by atoms with E-state index in [9.17, 15) is 0 Å². The first-order valence-electron chi connectivity index (χ1n) is 2.89. The largest absolute Gasteiger partial charge is 0.382 e. The minimum absolute atomic E-state index is 0.691. The molecule has 0 aromatic heterocycles. The zero-order valence-electron chi connectivity index (χ0n) is 6.73. The zero-order valence-corrected chi connectivity index (χ0v) is 6.73. The molecule has 0 radical (unpaired) electrons. The number of hydrogen-bond donors (Lipinski definition) is 1. The molecule has 0 bridgehead atoms. The van der Waals surface area contributed by atoms with Crippen molar-refractivity contribution in [3.63, 3.8) is 0 Å². The van der Waals surface area contributed by atoms with Gasteiger partial charge >= 0.3 is 0 Å². The molecule has 58 valence electrons. The van der Waals surface area contributed by atoms with E-state index in [-0.39, 0.29) is 0 Å². The molecule has 3 heteroatoms. The third-order valence-electron chi connectivity index (χ3n) is 0.492. The van der Waals surface area contributed by atoms with Crippen molar-refractivity contribution < 1.29 is 9.47 Å². The quantitative estimate of drug-likeness (QED) is 0.557. The summed E-state index contributed by atoms with van der Waals surface area (Å²) in [6, 6.07) is 0. The van der Waals surface area contributed by atoms with Crippen LogP contribution in [0.3, 0.4) is 0 Å². The number of hydrogen-bond acceptors (Lipinski definition) is 3. The molecule has 0 unspecified atom stereocenters. The Hall–Kier alpha value is -0.120. The summed E-state index contributed by atoms with van der Waals surface area (Å²) in [6.45, 7) is 1.38. The van der Waals surface area contributed by atoms with E-state index in [1.165, 1.54) is 0 Å². The van der Waals surface area contributed by atoms with E-state index in [2.05, 4.69) is 14.8 Å². The summed E-state index contributed by atoms with van der Waals surface area (Å²) >= 11 is 0. The van der Waals surface area contributed by atoms with Gasteiger partial charge in [-0.25, -0.2) is 0 Å². The summed E-state index contributed by atoms with van der Waals surface area (Å²) in [6.07, 6.45) is 0. The average Bonchev–Trinajstić information content (AvgIpc) is 1.86. The maximum atomic E-state index is 4.66. The van der Waals surface area contributed by atoms with Gasteiger partial charge in [-0.15, -0.1) is 0 Å². The van der Waals surface area contributed by atoms with E-state index in [0.717, 1.165) is 0 Å². The van der Waals surface area contributed by atoms with Crippen LogP contribution >= 0.6 is 0 Å². The fraction of sp³-hybridized carbons (Fsp3) is 1.00. The van der Waals surface area contributed by atoms with Crippen LogP contribution < -0.4 is 5.32 Å². The molecule has 0 saturated carbocycles. The van der Waals surface area contributed by atoms with E-state index in [4.69, 9.17) is 0 Å². The Kier molecular flexibility index (Phi) is 20.3. The van der Waals surface area contributed by atoms with Gasteiger partial charge in [0, 0.05) is 14.2 Å². The Labute approximate surface area is 57.3 Å². The van der Waals surface area contributed by atoms with E-state index < -0.39 is 0 Å². The molecule has 0 fully saturated rings. The van der Waals surface area contributed by atoms with Gasteiger partial charge in [0.05, 0.1) is 13.2 Å². The summed E-state index contributed by atoms with van der Waals surface area (Å²) < 4.78 is 9.31. The van der Waals surface area contributed by atoms with Crippen LogP contribution in [0.4, 0.5) is 0 Å². The van der Waals surface area contributed by atoms with Crippen LogP contribution in [0.15, 0.2) is 0 Å². The molecular weight excluding hydrogens is 118 g/mol. The Morgan fingerprint density at radius 2 is 1.22 bits per heavy atom. The van der Waals surface area contributed by atoms with Gasteiger partial charge in [0.2, 0.25) is 0 Å². The monoisotopic (exact) mass is 135 g/mol. The second kappa shape index (κ2) is 15.7. The number of methoxy groups -OCH3 is 2. The van der Waals surface area contributed by atoms with Crippen molar-refractivity contribution in [1.82, 2.24) is 5.32 Å². The predicted molar refractivity (Wildman–Crippen MR) is 38.7 cm³/mol. The molecule has 0 aromatic rings. The fourth-order valence-corrected chi connectivity index (χ4v) is 0.167. The second-order valence-electron chi connectivity index (χ2n) is 1.49. The van der Waals surface area contributed by atoms with Crippen molar-refractivity contribution in [2.45, 2.75) is 0 Å². The van der Waals surface area contributed by atoms with E-state index in [1.807, 2.05) is 14.1 Å². The molecule has 0 aliphatic carbocycles. The molecule has 0 spiro atoms. The van der Waals surface area contributed by atoms with Crippen molar-refractivity contribution >= 4 is 0 Å². The fourth-order valence-electron chi connectivity index (χ4n) is 0.167. The van der Waals surface area contributed by atoms with Gasteiger partial charge in [0.25, 0.3) is 0 Å². The molecule has 0 aromatic carbocycles. The Morgan fingerprint density at radius 3 is 1.33 bits per heavy atom. The summed E-state index contributed by atoms with van der Waals surface area (Å²) in [4.78, 5) is 0. The normalized spacial score (nSPS) is 8.00. The Balaban J connectivity index is 0. The van der Waals surface area contributed by atoms with Crippen molar-refractivity contribution in [2.75, 3.05) is 41.5 Å². The summed E-state index contributed by atoms with van der Waals surface area (Å²) in [7, 11) is 7.05. The number of nitrogens with one attached hydrogen (secondary N) is 1. The minimum atomic E-state index is 0.691. The van der Waals surface area contributed by atoms with E-state index >= 15 is 0 Å². The van der Waals surface area contributed by atoms with Gasteiger partial charge in [-0.05, 0) is 14.1 Å². The molecule has 0 saturated heterocycles. The predicted octanol–water partition coefficient (Wildman–Crippen LogP) is 0.115. The molecule has 0 aliphatic rings. The van der Waals surface area contributed by atoms with Crippen molar-refractivity contribution in [3.05, 3.63) is 0 Å². The highest BCUT2D eigenvalue weighted by Crippen LogP contribution is 1.65. The summed E-state index contributed by atoms with van der Waals surface area (Å²) in [5, 5.41) is 2.75. The summed E-state index contributed by atoms with van der Waals surface area (Å²) in [5.41, 5.74) is 0. The lowest BCUT2D eigenvalue weighted by Gasteiger charge is -1.91. The molecule has 1 N–H and O–H groups in total. The highest BCUT2D eigenvalue weighted by Gasteiger charge is 1.73. The highest BCUT2D eigenvalue weighted by molar-refractivity contribution is 4.17. The lowest BCUT2D eigenvalue weighted by Crippen LogP contribution is -1.96. The molecule has 0 atom stereocenters. The van der Waals surface area contributed by atoms with Crippen LogP contribution in [-0.4, -0.2) is 41.5 Å². The van der Waals surface area contributed by atoms with Crippen molar-refractivity contribution in [3.8, 4) is 0 Å². The maximum absolute atomic E-state index is 4.66. The van der Waals surface area contributed by atoms with Crippen LogP contribution in [-0.2, 0) is 9.47 Å². The molecule has 0 rings (SSSR count). The first-order valence-corrected chi connectivity index (χ1v) is 2.89. The van der Waals surface area contributed by atoms with Crippen molar-refractivity contribution in [2.24, 2.45) is 0 Å². The first-order chi connectivity index (χ1) is 4.33. The molecular formula is C6H17NO2. The van der Waals surface area contributed by atoms with Crippen LogP contribution in [0, 0.1) is 0 Å². The third kappa shape index (κ3) is 32.8. The topological polar surface area (TPSA) is 30.5 Å². The highest BCUT2D eigenvalue weighted by atomic mass is 16.5. The average molecular weight is 135 g/mol. The van der Waals surface area contributed by atoms with Gasteiger partial charge in [-0.2, -0.15) is 0 Å². The standard InChI is InChI=1S/C4H10O2.C2H7N/c1-5-3-4-6-2;1-3-2/h3-4H2,1-2H3;3H,1-2H3. The zero-order chi connectivity index (χ0) is 7.54. The molecule has 3 nitrogen and oxygen atoms in total. The molecule has 0 amide bonds. The SMILES string of the molecule is CNC.COCCOC. The molecule has 0 aliphatic heterocycles. The van der Waals surface area contributed by atoms with Crippen LogP contribution in [0.1, 0.15) is 0 Å². The van der Waals surface area contributed by atoms with Gasteiger partial charge in [0.1, 0.15) is 0 Å². The molecule has 0 heterocycles. The number of rotatable bonds is 3. The third-order valence-corrected chi connectivity index (χ3v) is 0.492. The second-order valence-corrected chi connectivity index (χ2v) is 1.49. The first kappa shape index (κ1) is 11.6. The smallest absolute Gasteiger partial charge is 0.0696 e. The van der Waals surface area contributed by atoms with Gasteiger partial charge < -0.3 is 14.8 Å². The van der Waals surface area contributed by atoms with Gasteiger partial charge in [-0.3, -0.25) is 0 Å². The number of ether oxygens (including phenoxy) is 2. The lowest BCUT2D eigenvalue weighted by molar-refractivity contribution is 0.103. The van der Waals surface area contributed by atoms with Crippen molar-refractivity contribution in [1.29, 1.82) is 0 Å². The molecule has 9 heavy (non-hydrogen) atoms. The van der Waals surface area contributed by atoms with Crippen LogP contribution in [0.5, 0.6) is 0 Å². The van der Waals surface area contributed by atoms with Crippen LogP contribution in [0.2, 0.25) is 0 Å². The van der Waals surface area contributed by atoms with Gasteiger partial charge in [-0.1, -0.05) is 0 Å². The maximum Gasteiger partial charge on any atom is 0.0696 e. The van der Waals surface area contributed by atoms with E-state index in [1.54, 1.807) is 14.2 Å². The lowest BCUT2D eigenvalue weighted by atomic mass is 10.8. The Bertz CT molecular complexity index is 30.2. The van der Waals surface area contributed by atoms with E-state index in [0.29, 0.717) is 13.2 Å². The Morgan fingerprint density at radius 1 is 1.00 bits per heavy atom. The minimum Gasteiger partial charge on any atom is -0.382 e. The van der Waals surface area contributed by atoms with Crippen LogP contribution in [0.25, 0.3) is 0 Å². The van der Waals surface area contributed by atoms with Gasteiger partial charge in [0.15, 0.2) is 0 Å². The summed E-state index contributed by atoms with van der Waals surface area (Å²) in [5.74, 6) is 0.